The summed E-state index contributed by atoms with van der Waals surface area (Å²) >= 11 is 5.15. The molecule has 0 atom stereocenters. The van der Waals surface area contributed by atoms with Gasteiger partial charge in [0.2, 0.25) is 0 Å². The molecule has 7 nitrogen and oxygen atoms in total. The fourth-order valence-corrected chi connectivity index (χ4v) is 2.85. The largest absolute Gasteiger partial charge is 0.493 e. The molecule has 0 saturated carbocycles. The molecular weight excluding hydrogens is 402 g/mol. The molecular formula is C22H19N3O4S. The van der Waals surface area contributed by atoms with E-state index in [0.717, 1.165) is 12.2 Å². The molecule has 0 radical (unpaired) electrons. The zero-order valence-electron chi connectivity index (χ0n) is 15.9. The Kier molecular flexibility index (Phi) is 7.07. The third-order valence-corrected chi connectivity index (χ3v) is 4.39. The van der Waals surface area contributed by atoms with Crippen molar-refractivity contribution in [3.63, 3.8) is 0 Å². The van der Waals surface area contributed by atoms with Crippen LogP contribution in [0.15, 0.2) is 78.9 Å². The van der Waals surface area contributed by atoms with E-state index in [-0.39, 0.29) is 16.4 Å². The fraction of sp³-hybridized carbons (Fsp3) is 0.0909. The topological polar surface area (TPSA) is 93.5 Å². The molecule has 3 rings (SSSR count). The van der Waals surface area contributed by atoms with Gasteiger partial charge >= 0.3 is 0 Å². The highest BCUT2D eigenvalue weighted by Gasteiger charge is 2.11. The van der Waals surface area contributed by atoms with Crippen LogP contribution in [0.5, 0.6) is 5.75 Å². The third kappa shape index (κ3) is 6.11. The van der Waals surface area contributed by atoms with Gasteiger partial charge in [0.1, 0.15) is 5.75 Å². The highest BCUT2D eigenvalue weighted by atomic mass is 32.1. The standard InChI is InChI=1S/C22H19N3O4S/c26-21(17-6-10-19(11-7-17)25(27)28)24-22(30)23-18-8-12-20(13-9-18)29-15-14-16-4-2-1-3-5-16/h1-13H,14-15H2,(H2,23,24,26,30). The summed E-state index contributed by atoms with van der Waals surface area (Å²) in [5.74, 6) is 0.278. The third-order valence-electron chi connectivity index (χ3n) is 4.18. The van der Waals surface area contributed by atoms with Crippen LogP contribution in [0.3, 0.4) is 0 Å². The number of carbonyl (C=O) groups is 1. The number of non-ortho nitro benzene ring substituents is 1. The minimum Gasteiger partial charge on any atom is -0.493 e. The smallest absolute Gasteiger partial charge is 0.269 e. The van der Waals surface area contributed by atoms with Crippen LogP contribution >= 0.6 is 12.2 Å². The second kappa shape index (κ2) is 10.1. The van der Waals surface area contributed by atoms with E-state index in [0.29, 0.717) is 12.3 Å². The number of anilines is 1. The lowest BCUT2D eigenvalue weighted by atomic mass is 10.2. The summed E-state index contributed by atoms with van der Waals surface area (Å²) in [6, 6.07) is 22.6. The molecule has 0 unspecified atom stereocenters. The summed E-state index contributed by atoms with van der Waals surface area (Å²) in [5.41, 5.74) is 2.09. The Balaban J connectivity index is 1.46. The summed E-state index contributed by atoms with van der Waals surface area (Å²) in [7, 11) is 0. The molecule has 0 aromatic heterocycles. The number of ether oxygens (including phenoxy) is 1. The predicted octanol–water partition coefficient (Wildman–Crippen LogP) is 4.34. The predicted molar refractivity (Wildman–Crippen MR) is 119 cm³/mol. The second-order valence-corrected chi connectivity index (χ2v) is 6.73. The van der Waals surface area contributed by atoms with Crippen molar-refractivity contribution in [3.05, 3.63) is 100 Å². The molecule has 0 spiro atoms. The van der Waals surface area contributed by atoms with Crippen LogP contribution in [0.4, 0.5) is 11.4 Å². The SMILES string of the molecule is O=C(NC(=S)Nc1ccc(OCCc2ccccc2)cc1)c1ccc([N+](=O)[O-])cc1. The van der Waals surface area contributed by atoms with Gasteiger partial charge < -0.3 is 10.1 Å². The van der Waals surface area contributed by atoms with Crippen molar-refractivity contribution in [2.24, 2.45) is 0 Å². The minimum absolute atomic E-state index is 0.0849. The molecule has 0 aliphatic rings. The first-order valence-corrected chi connectivity index (χ1v) is 9.56. The number of hydrogen-bond acceptors (Lipinski definition) is 5. The zero-order chi connectivity index (χ0) is 21.3. The van der Waals surface area contributed by atoms with Crippen molar-refractivity contribution in [1.82, 2.24) is 5.32 Å². The summed E-state index contributed by atoms with van der Waals surface area (Å²) in [4.78, 5) is 22.3. The summed E-state index contributed by atoms with van der Waals surface area (Å²) in [6.45, 7) is 0.570. The molecule has 0 saturated heterocycles. The van der Waals surface area contributed by atoms with Crippen LogP contribution in [0.2, 0.25) is 0 Å². The maximum absolute atomic E-state index is 12.2. The zero-order valence-corrected chi connectivity index (χ0v) is 16.7. The quantitative estimate of drug-likeness (QED) is 0.335. The molecule has 8 heteroatoms. The molecule has 3 aromatic rings. The van der Waals surface area contributed by atoms with E-state index in [2.05, 4.69) is 22.8 Å². The Morgan fingerprint density at radius 2 is 1.63 bits per heavy atom. The van der Waals surface area contributed by atoms with E-state index in [4.69, 9.17) is 17.0 Å². The van der Waals surface area contributed by atoms with Crippen molar-refractivity contribution in [2.45, 2.75) is 6.42 Å². The number of thiocarbonyl (C=S) groups is 1. The van der Waals surface area contributed by atoms with E-state index in [1.165, 1.54) is 29.8 Å². The number of benzene rings is 3. The molecule has 152 valence electrons. The first kappa shape index (κ1) is 20.9. The van der Waals surface area contributed by atoms with Gasteiger partial charge in [-0.15, -0.1) is 0 Å². The van der Waals surface area contributed by atoms with Crippen molar-refractivity contribution >= 4 is 34.6 Å². The van der Waals surface area contributed by atoms with Gasteiger partial charge in [-0.3, -0.25) is 20.2 Å². The summed E-state index contributed by atoms with van der Waals surface area (Å²) < 4.78 is 5.74. The van der Waals surface area contributed by atoms with E-state index < -0.39 is 10.8 Å². The van der Waals surface area contributed by atoms with E-state index in [1.807, 2.05) is 30.3 Å². The van der Waals surface area contributed by atoms with Crippen LogP contribution < -0.4 is 15.4 Å². The molecule has 0 fully saturated rings. The van der Waals surface area contributed by atoms with Gasteiger partial charge in [0.25, 0.3) is 11.6 Å². The number of carbonyl (C=O) groups excluding carboxylic acids is 1. The molecule has 0 aliphatic heterocycles. The molecule has 3 aromatic carbocycles. The van der Waals surface area contributed by atoms with Crippen molar-refractivity contribution in [1.29, 1.82) is 0 Å². The number of nitrogens with zero attached hydrogens (tertiary/aromatic N) is 1. The molecule has 0 aliphatic carbocycles. The fourth-order valence-electron chi connectivity index (χ4n) is 2.64. The number of amides is 1. The number of hydrogen-bond donors (Lipinski definition) is 2. The van der Waals surface area contributed by atoms with Gasteiger partial charge in [0.15, 0.2) is 5.11 Å². The highest BCUT2D eigenvalue weighted by Crippen LogP contribution is 2.16. The van der Waals surface area contributed by atoms with E-state index >= 15 is 0 Å². The normalized spacial score (nSPS) is 10.1. The first-order valence-electron chi connectivity index (χ1n) is 9.15. The Bertz CT molecular complexity index is 1020. The molecule has 1 amide bonds. The van der Waals surface area contributed by atoms with Crippen molar-refractivity contribution in [2.75, 3.05) is 11.9 Å². The summed E-state index contributed by atoms with van der Waals surface area (Å²) in [6.07, 6.45) is 0.819. The minimum atomic E-state index is -0.525. The molecule has 0 heterocycles. The Morgan fingerprint density at radius 3 is 2.27 bits per heavy atom. The molecule has 0 bridgehead atoms. The van der Waals surface area contributed by atoms with Crippen molar-refractivity contribution < 1.29 is 14.5 Å². The average molecular weight is 421 g/mol. The van der Waals surface area contributed by atoms with Gasteiger partial charge in [0.05, 0.1) is 11.5 Å². The van der Waals surface area contributed by atoms with Gasteiger partial charge in [-0.2, -0.15) is 0 Å². The maximum Gasteiger partial charge on any atom is 0.269 e. The first-order chi connectivity index (χ1) is 14.5. The van der Waals surface area contributed by atoms with Crippen LogP contribution in [0.1, 0.15) is 15.9 Å². The van der Waals surface area contributed by atoms with Crippen LogP contribution in [-0.2, 0) is 6.42 Å². The monoisotopic (exact) mass is 421 g/mol. The van der Waals surface area contributed by atoms with E-state index in [9.17, 15) is 14.9 Å². The lowest BCUT2D eigenvalue weighted by Crippen LogP contribution is -2.34. The average Bonchev–Trinajstić information content (AvgIpc) is 2.75. The second-order valence-electron chi connectivity index (χ2n) is 6.32. The van der Waals surface area contributed by atoms with E-state index in [1.54, 1.807) is 12.1 Å². The maximum atomic E-state index is 12.2. The Hall–Kier alpha value is -3.78. The van der Waals surface area contributed by atoms with Crippen LogP contribution in [-0.4, -0.2) is 22.5 Å². The van der Waals surface area contributed by atoms with Gasteiger partial charge in [-0.25, -0.2) is 0 Å². The Morgan fingerprint density at radius 1 is 0.967 bits per heavy atom. The number of nitrogens with one attached hydrogen (secondary N) is 2. The lowest BCUT2D eigenvalue weighted by molar-refractivity contribution is -0.384. The van der Waals surface area contributed by atoms with Crippen molar-refractivity contribution in [3.8, 4) is 5.75 Å². The Labute approximate surface area is 178 Å². The number of rotatable bonds is 7. The van der Waals surface area contributed by atoms with Gasteiger partial charge in [-0.1, -0.05) is 30.3 Å². The highest BCUT2D eigenvalue weighted by molar-refractivity contribution is 7.80. The van der Waals surface area contributed by atoms with Gasteiger partial charge in [-0.05, 0) is 54.2 Å². The molecule has 30 heavy (non-hydrogen) atoms. The number of nitro groups is 1. The lowest BCUT2D eigenvalue weighted by Gasteiger charge is -2.11. The number of nitro benzene ring substituents is 1. The van der Waals surface area contributed by atoms with Gasteiger partial charge in [0, 0.05) is 29.8 Å². The van der Waals surface area contributed by atoms with Crippen LogP contribution in [0, 0.1) is 10.1 Å². The summed E-state index contributed by atoms with van der Waals surface area (Å²) in [5, 5.41) is 16.3. The van der Waals surface area contributed by atoms with Crippen LogP contribution in [0.25, 0.3) is 0 Å². The molecule has 2 N–H and O–H groups in total.